The van der Waals surface area contributed by atoms with Crippen LogP contribution < -0.4 is 0 Å². The Bertz CT molecular complexity index is 174. The van der Waals surface area contributed by atoms with Gasteiger partial charge in [0.2, 0.25) is 0 Å². The molecule has 0 rings (SSSR count). The predicted octanol–water partition coefficient (Wildman–Crippen LogP) is 9.73. The van der Waals surface area contributed by atoms with Gasteiger partial charge in [-0.05, 0) is 75.5 Å². The van der Waals surface area contributed by atoms with E-state index in [4.69, 9.17) is 0 Å². The van der Waals surface area contributed by atoms with Crippen LogP contribution in [-0.2, 0) is 20.4 Å². The average molecular weight is 511 g/mol. The SMILES string of the molecule is CCCCP(CCCC)CCCC.CCCCP(CCCC)CCCC.[Pd]. The van der Waals surface area contributed by atoms with E-state index in [0.717, 1.165) is 0 Å². The van der Waals surface area contributed by atoms with Crippen LogP contribution >= 0.6 is 15.8 Å². The first-order chi connectivity index (χ1) is 12.7. The van der Waals surface area contributed by atoms with E-state index in [9.17, 15) is 0 Å². The van der Waals surface area contributed by atoms with Crippen LogP contribution in [0.3, 0.4) is 0 Å². The Hall–Kier alpha value is 1.52. The van der Waals surface area contributed by atoms with Crippen LogP contribution in [0.2, 0.25) is 0 Å². The molecule has 0 aromatic carbocycles. The molecule has 0 aromatic rings. The minimum absolute atomic E-state index is 0. The third-order valence-corrected chi connectivity index (χ3v) is 10.7. The molecule has 0 saturated heterocycles. The van der Waals surface area contributed by atoms with Crippen molar-refractivity contribution in [2.75, 3.05) is 37.0 Å². The summed E-state index contributed by atoms with van der Waals surface area (Å²) in [5, 5.41) is 0. The third kappa shape index (κ3) is 27.5. The third-order valence-electron chi connectivity index (χ3n) is 4.97. The summed E-state index contributed by atoms with van der Waals surface area (Å²) in [6, 6.07) is 0. The normalized spacial score (nSPS) is 10.7. The molecule has 0 atom stereocenters. The standard InChI is InChI=1S/2C12H27P.Pd/c2*1-4-7-10-13(11-8-5-2)12-9-6-3;/h2*4-12H2,1-3H3;. The van der Waals surface area contributed by atoms with Gasteiger partial charge in [-0.3, -0.25) is 0 Å². The molecule has 0 aromatic heterocycles. The summed E-state index contributed by atoms with van der Waals surface area (Å²) in [6.45, 7) is 13.9. The van der Waals surface area contributed by atoms with Gasteiger partial charge in [0.05, 0.1) is 0 Å². The molecule has 0 amide bonds. The Morgan fingerprint density at radius 3 is 0.593 bits per heavy atom. The van der Waals surface area contributed by atoms with Gasteiger partial charge in [0, 0.05) is 20.4 Å². The van der Waals surface area contributed by atoms with Gasteiger partial charge in [0.25, 0.3) is 0 Å². The van der Waals surface area contributed by atoms with Gasteiger partial charge in [-0.25, -0.2) is 0 Å². The number of hydrogen-bond acceptors (Lipinski definition) is 0. The van der Waals surface area contributed by atoms with Gasteiger partial charge in [0.15, 0.2) is 0 Å². The Balaban J connectivity index is -0.000000411. The van der Waals surface area contributed by atoms with Gasteiger partial charge in [-0.15, -0.1) is 15.8 Å². The summed E-state index contributed by atoms with van der Waals surface area (Å²) < 4.78 is 0. The van der Waals surface area contributed by atoms with E-state index >= 15 is 0 Å². The molecule has 0 saturated carbocycles. The zero-order valence-corrected chi connectivity index (χ0v) is 23.3. The molecule has 0 spiro atoms. The quantitative estimate of drug-likeness (QED) is 0.127. The van der Waals surface area contributed by atoms with Crippen molar-refractivity contribution in [1.29, 1.82) is 0 Å². The van der Waals surface area contributed by atoms with Crippen molar-refractivity contribution < 1.29 is 20.4 Å². The van der Waals surface area contributed by atoms with E-state index in [1.807, 2.05) is 0 Å². The molecular weight excluding hydrogens is 457 g/mol. The fourth-order valence-electron chi connectivity index (χ4n) is 2.96. The zero-order valence-electron chi connectivity index (χ0n) is 19.9. The maximum atomic E-state index is 2.31. The van der Waals surface area contributed by atoms with E-state index in [0.29, 0.717) is 15.8 Å². The number of unbranched alkanes of at least 4 members (excludes halogenated alkanes) is 6. The molecule has 0 bridgehead atoms. The Morgan fingerprint density at radius 2 is 0.481 bits per heavy atom. The Morgan fingerprint density at radius 1 is 0.333 bits per heavy atom. The summed E-state index contributed by atoms with van der Waals surface area (Å²) >= 11 is 0. The van der Waals surface area contributed by atoms with Crippen LogP contribution in [0.5, 0.6) is 0 Å². The summed E-state index contributed by atoms with van der Waals surface area (Å²) in [7, 11) is 0.843. The topological polar surface area (TPSA) is 0 Å². The smallest absolute Gasteiger partial charge is 0 e. The maximum absolute atomic E-state index is 2.31. The first-order valence-electron chi connectivity index (χ1n) is 12.1. The van der Waals surface area contributed by atoms with Crippen LogP contribution in [0.15, 0.2) is 0 Å². The second-order valence-electron chi connectivity index (χ2n) is 7.80. The molecule has 0 radical (unpaired) electrons. The molecule has 0 unspecified atom stereocenters. The van der Waals surface area contributed by atoms with Crippen LogP contribution in [-0.4, -0.2) is 37.0 Å². The van der Waals surface area contributed by atoms with Crippen molar-refractivity contribution in [2.45, 2.75) is 119 Å². The van der Waals surface area contributed by atoms with Gasteiger partial charge in [-0.1, -0.05) is 80.1 Å². The summed E-state index contributed by atoms with van der Waals surface area (Å²) in [5.41, 5.74) is 0. The molecule has 0 heterocycles. The van der Waals surface area contributed by atoms with Crippen molar-refractivity contribution in [1.82, 2.24) is 0 Å². The molecule has 27 heavy (non-hydrogen) atoms. The van der Waals surface area contributed by atoms with Crippen molar-refractivity contribution in [2.24, 2.45) is 0 Å². The van der Waals surface area contributed by atoms with Crippen molar-refractivity contribution in [3.63, 3.8) is 0 Å². The van der Waals surface area contributed by atoms with Gasteiger partial charge < -0.3 is 0 Å². The van der Waals surface area contributed by atoms with E-state index in [-0.39, 0.29) is 20.4 Å². The van der Waals surface area contributed by atoms with Gasteiger partial charge >= 0.3 is 0 Å². The van der Waals surface area contributed by atoms with E-state index in [2.05, 4.69) is 41.5 Å². The van der Waals surface area contributed by atoms with Crippen LogP contribution in [0, 0.1) is 0 Å². The Labute approximate surface area is 191 Å². The Kier molecular flexibility index (Phi) is 36.5. The number of hydrogen-bond donors (Lipinski definition) is 0. The molecule has 0 aliphatic rings. The molecular formula is C24H54P2Pd. The van der Waals surface area contributed by atoms with E-state index in [1.54, 1.807) is 37.0 Å². The summed E-state index contributed by atoms with van der Waals surface area (Å²) in [5.74, 6) is 0. The van der Waals surface area contributed by atoms with Crippen LogP contribution in [0.1, 0.15) is 119 Å². The second kappa shape index (κ2) is 29.7. The molecule has 0 N–H and O–H groups in total. The minimum Gasteiger partial charge on any atom is -0.107 e. The van der Waals surface area contributed by atoms with Crippen LogP contribution in [0.25, 0.3) is 0 Å². The van der Waals surface area contributed by atoms with E-state index < -0.39 is 0 Å². The fraction of sp³-hybridized carbons (Fsp3) is 1.00. The monoisotopic (exact) mass is 510 g/mol. The predicted molar refractivity (Wildman–Crippen MR) is 132 cm³/mol. The molecule has 0 fully saturated rings. The van der Waals surface area contributed by atoms with Gasteiger partial charge in [-0.2, -0.15) is 0 Å². The maximum Gasteiger partial charge on any atom is 0 e. The van der Waals surface area contributed by atoms with Crippen molar-refractivity contribution >= 4 is 15.8 Å². The fourth-order valence-corrected chi connectivity index (χ4v) is 8.88. The molecule has 0 nitrogen and oxygen atoms in total. The van der Waals surface area contributed by atoms with Crippen LogP contribution in [0.4, 0.5) is 0 Å². The molecule has 170 valence electrons. The average Bonchev–Trinajstić information content (AvgIpc) is 2.67. The first-order valence-corrected chi connectivity index (χ1v) is 15.9. The van der Waals surface area contributed by atoms with Crippen molar-refractivity contribution in [3.05, 3.63) is 0 Å². The zero-order chi connectivity index (χ0) is 19.9. The van der Waals surface area contributed by atoms with E-state index in [1.165, 1.54) is 77.0 Å². The molecule has 0 aliphatic carbocycles. The summed E-state index contributed by atoms with van der Waals surface area (Å²) in [4.78, 5) is 0. The molecule has 3 heteroatoms. The van der Waals surface area contributed by atoms with Crippen molar-refractivity contribution in [3.8, 4) is 0 Å². The number of rotatable bonds is 18. The first kappa shape index (κ1) is 33.2. The van der Waals surface area contributed by atoms with Gasteiger partial charge in [0.1, 0.15) is 0 Å². The largest absolute Gasteiger partial charge is 0.107 e. The minimum atomic E-state index is 0. The second-order valence-corrected chi connectivity index (χ2v) is 13.2. The summed E-state index contributed by atoms with van der Waals surface area (Å²) in [6.07, 6.45) is 26.4. The molecule has 0 aliphatic heterocycles.